The first-order valence-corrected chi connectivity index (χ1v) is 8.15. The molecule has 1 aromatic rings. The first-order valence-electron chi connectivity index (χ1n) is 8.15. The predicted octanol–water partition coefficient (Wildman–Crippen LogP) is 3.49. The molecule has 0 radical (unpaired) electrons. The van der Waals surface area contributed by atoms with Gasteiger partial charge in [0.1, 0.15) is 11.6 Å². The Morgan fingerprint density at radius 3 is 2.48 bits per heavy atom. The Hall–Kier alpha value is -1.00. The second-order valence-electron chi connectivity index (χ2n) is 6.29. The fourth-order valence-electron chi connectivity index (χ4n) is 3.90. The normalized spacial score (nSPS) is 23.1. The lowest BCUT2D eigenvalue weighted by molar-refractivity contribution is 0.100. The highest BCUT2D eigenvalue weighted by Crippen LogP contribution is 2.39. The number of hydrogen-bond donors (Lipinski definition) is 1. The van der Waals surface area contributed by atoms with Gasteiger partial charge in [0.2, 0.25) is 0 Å². The maximum Gasteiger partial charge on any atom is 0.128 e. The van der Waals surface area contributed by atoms with E-state index in [1.54, 1.807) is 0 Å². The highest BCUT2D eigenvalue weighted by atomic mass is 19.1. The Labute approximate surface area is 125 Å². The minimum Gasteiger partial charge on any atom is -0.314 e. The van der Waals surface area contributed by atoms with Crippen molar-refractivity contribution >= 4 is 0 Å². The van der Waals surface area contributed by atoms with Crippen LogP contribution in [-0.4, -0.2) is 31.1 Å². The van der Waals surface area contributed by atoms with Crippen molar-refractivity contribution in [3.8, 4) is 0 Å². The van der Waals surface area contributed by atoms with E-state index in [2.05, 4.69) is 10.2 Å². The van der Waals surface area contributed by atoms with E-state index in [-0.39, 0.29) is 17.7 Å². The molecule has 0 amide bonds. The summed E-state index contributed by atoms with van der Waals surface area (Å²) in [6, 6.07) is 3.94. The van der Waals surface area contributed by atoms with Gasteiger partial charge in [0.15, 0.2) is 0 Å². The molecule has 0 bridgehead atoms. The van der Waals surface area contributed by atoms with Crippen molar-refractivity contribution in [3.63, 3.8) is 0 Å². The molecule has 1 atom stereocenters. The Morgan fingerprint density at radius 2 is 1.76 bits per heavy atom. The molecular weight excluding hydrogens is 270 g/mol. The van der Waals surface area contributed by atoms with Crippen LogP contribution in [0.15, 0.2) is 18.2 Å². The summed E-state index contributed by atoms with van der Waals surface area (Å²) in [5, 5.41) is 3.34. The molecule has 1 aliphatic carbocycles. The lowest BCUT2D eigenvalue weighted by Gasteiger charge is -2.41. The number of hydrogen-bond acceptors (Lipinski definition) is 2. The molecular formula is C17H24F2N2. The van der Waals surface area contributed by atoms with Gasteiger partial charge in [0, 0.05) is 37.8 Å². The number of rotatable bonds is 3. The van der Waals surface area contributed by atoms with Gasteiger partial charge < -0.3 is 5.32 Å². The second-order valence-corrected chi connectivity index (χ2v) is 6.29. The molecule has 0 spiro atoms. The fourth-order valence-corrected chi connectivity index (χ4v) is 3.90. The molecule has 0 unspecified atom stereocenters. The third-order valence-corrected chi connectivity index (χ3v) is 4.92. The Kier molecular flexibility index (Phi) is 4.86. The summed E-state index contributed by atoms with van der Waals surface area (Å²) < 4.78 is 28.0. The van der Waals surface area contributed by atoms with Gasteiger partial charge >= 0.3 is 0 Å². The van der Waals surface area contributed by atoms with Crippen LogP contribution in [0.2, 0.25) is 0 Å². The lowest BCUT2D eigenvalue weighted by Crippen LogP contribution is -2.47. The van der Waals surface area contributed by atoms with Gasteiger partial charge in [0.25, 0.3) is 0 Å². The number of piperazine rings is 1. The minimum atomic E-state index is -0.331. The van der Waals surface area contributed by atoms with Crippen LogP contribution >= 0.6 is 0 Å². The minimum absolute atomic E-state index is 0.0306. The van der Waals surface area contributed by atoms with Gasteiger partial charge in [-0.25, -0.2) is 8.78 Å². The molecule has 116 valence electrons. The van der Waals surface area contributed by atoms with Crippen molar-refractivity contribution in [2.75, 3.05) is 26.2 Å². The van der Waals surface area contributed by atoms with Crippen LogP contribution in [0.1, 0.15) is 43.7 Å². The van der Waals surface area contributed by atoms with E-state index >= 15 is 0 Å². The molecule has 0 aromatic heterocycles. The Morgan fingerprint density at radius 1 is 1.05 bits per heavy atom. The molecule has 1 saturated heterocycles. The van der Waals surface area contributed by atoms with Crippen molar-refractivity contribution in [1.82, 2.24) is 10.2 Å². The molecule has 1 aliphatic heterocycles. The first kappa shape index (κ1) is 14.9. The molecule has 2 nitrogen and oxygen atoms in total. The number of nitrogens with one attached hydrogen (secondary N) is 1. The van der Waals surface area contributed by atoms with Crippen LogP contribution in [0.4, 0.5) is 8.78 Å². The standard InChI is InChI=1S/C17H24F2N2/c18-14-6-7-16(19)15(12-14)17(13-4-2-1-3-5-13)21-10-8-20-9-11-21/h6-7,12-13,17,20H,1-5,8-11H2/t17-/m0/s1. The average Bonchev–Trinajstić information content (AvgIpc) is 2.53. The highest BCUT2D eigenvalue weighted by molar-refractivity contribution is 5.23. The summed E-state index contributed by atoms with van der Waals surface area (Å²) in [7, 11) is 0. The maximum atomic E-state index is 14.3. The molecule has 4 heteroatoms. The Balaban J connectivity index is 1.91. The maximum absolute atomic E-state index is 14.3. The predicted molar refractivity (Wildman–Crippen MR) is 80.1 cm³/mol. The molecule has 2 fully saturated rings. The number of halogens is 2. The molecule has 1 saturated carbocycles. The molecule has 1 N–H and O–H groups in total. The fraction of sp³-hybridized carbons (Fsp3) is 0.647. The molecule has 1 heterocycles. The van der Waals surface area contributed by atoms with E-state index in [0.717, 1.165) is 39.0 Å². The third-order valence-electron chi connectivity index (χ3n) is 4.92. The Bertz CT molecular complexity index is 448. The van der Waals surface area contributed by atoms with Gasteiger partial charge in [0.05, 0.1) is 0 Å². The molecule has 1 aromatic carbocycles. The number of nitrogens with zero attached hydrogens (tertiary/aromatic N) is 1. The van der Waals surface area contributed by atoms with E-state index in [0.29, 0.717) is 11.5 Å². The SMILES string of the molecule is Fc1ccc(F)c([C@H](C2CCCCC2)N2CCNCC2)c1. The van der Waals surface area contributed by atoms with Crippen LogP contribution < -0.4 is 5.32 Å². The number of benzene rings is 1. The average molecular weight is 294 g/mol. The molecule has 3 rings (SSSR count). The van der Waals surface area contributed by atoms with Gasteiger partial charge in [-0.3, -0.25) is 4.90 Å². The summed E-state index contributed by atoms with van der Waals surface area (Å²) >= 11 is 0. The van der Waals surface area contributed by atoms with Gasteiger partial charge in [-0.15, -0.1) is 0 Å². The summed E-state index contributed by atoms with van der Waals surface area (Å²) in [6.45, 7) is 3.69. The molecule has 21 heavy (non-hydrogen) atoms. The van der Waals surface area contributed by atoms with Crippen molar-refractivity contribution in [2.45, 2.75) is 38.1 Å². The zero-order valence-corrected chi connectivity index (χ0v) is 12.5. The van der Waals surface area contributed by atoms with E-state index in [1.165, 1.54) is 37.5 Å². The van der Waals surface area contributed by atoms with E-state index in [9.17, 15) is 8.78 Å². The zero-order chi connectivity index (χ0) is 14.7. The molecule has 2 aliphatic rings. The van der Waals surface area contributed by atoms with E-state index < -0.39 is 0 Å². The largest absolute Gasteiger partial charge is 0.314 e. The third kappa shape index (κ3) is 3.43. The van der Waals surface area contributed by atoms with Crippen molar-refractivity contribution in [1.29, 1.82) is 0 Å². The highest BCUT2D eigenvalue weighted by Gasteiger charge is 2.32. The van der Waals surface area contributed by atoms with Crippen LogP contribution in [-0.2, 0) is 0 Å². The first-order chi connectivity index (χ1) is 10.3. The van der Waals surface area contributed by atoms with E-state index in [1.807, 2.05) is 0 Å². The van der Waals surface area contributed by atoms with Gasteiger partial charge in [-0.05, 0) is 37.0 Å². The second kappa shape index (κ2) is 6.84. The van der Waals surface area contributed by atoms with Crippen LogP contribution in [0.3, 0.4) is 0 Å². The lowest BCUT2D eigenvalue weighted by atomic mass is 9.80. The van der Waals surface area contributed by atoms with E-state index in [4.69, 9.17) is 0 Å². The van der Waals surface area contributed by atoms with Crippen LogP contribution in [0.5, 0.6) is 0 Å². The van der Waals surface area contributed by atoms with Crippen LogP contribution in [0.25, 0.3) is 0 Å². The topological polar surface area (TPSA) is 15.3 Å². The quantitative estimate of drug-likeness (QED) is 0.918. The van der Waals surface area contributed by atoms with Crippen molar-refractivity contribution in [2.24, 2.45) is 5.92 Å². The van der Waals surface area contributed by atoms with Crippen molar-refractivity contribution < 1.29 is 8.78 Å². The summed E-state index contributed by atoms with van der Waals surface area (Å²) in [4.78, 5) is 2.35. The zero-order valence-electron chi connectivity index (χ0n) is 12.5. The summed E-state index contributed by atoms with van der Waals surface area (Å²) in [5.74, 6) is -0.138. The van der Waals surface area contributed by atoms with Gasteiger partial charge in [-0.1, -0.05) is 19.3 Å². The monoisotopic (exact) mass is 294 g/mol. The van der Waals surface area contributed by atoms with Crippen LogP contribution in [0, 0.1) is 17.6 Å². The summed E-state index contributed by atoms with van der Waals surface area (Å²) in [6.07, 6.45) is 5.96. The van der Waals surface area contributed by atoms with Gasteiger partial charge in [-0.2, -0.15) is 0 Å². The smallest absolute Gasteiger partial charge is 0.128 e. The van der Waals surface area contributed by atoms with Crippen molar-refractivity contribution in [3.05, 3.63) is 35.4 Å². The summed E-state index contributed by atoms with van der Waals surface area (Å²) in [5.41, 5.74) is 0.559.